The van der Waals surface area contributed by atoms with Crippen LogP contribution >= 0.6 is 23.4 Å². The average Bonchev–Trinajstić information content (AvgIpc) is 2.96. The molecule has 2 amide bonds. The summed E-state index contributed by atoms with van der Waals surface area (Å²) in [5.41, 5.74) is 3.61. The highest BCUT2D eigenvalue weighted by atomic mass is 35.5. The Hall–Kier alpha value is -3.02. The first-order valence-electron chi connectivity index (χ1n) is 9.40. The number of imide groups is 1. The van der Waals surface area contributed by atoms with Gasteiger partial charge in [0.05, 0.1) is 5.69 Å². The Bertz CT molecular complexity index is 1160. The van der Waals surface area contributed by atoms with Crippen LogP contribution in [0.4, 0.5) is 11.4 Å². The molecule has 0 spiro atoms. The third-order valence-electron chi connectivity index (χ3n) is 4.74. The Balaban J connectivity index is 1.77. The Morgan fingerprint density at radius 1 is 0.867 bits per heavy atom. The Kier molecular flexibility index (Phi) is 5.66. The van der Waals surface area contributed by atoms with Gasteiger partial charge in [-0.25, -0.2) is 4.90 Å². The van der Waals surface area contributed by atoms with Crippen LogP contribution < -0.4 is 10.2 Å². The molecule has 0 saturated carbocycles. The van der Waals surface area contributed by atoms with E-state index >= 15 is 0 Å². The Morgan fingerprint density at radius 3 is 2.27 bits per heavy atom. The minimum Gasteiger partial charge on any atom is -0.350 e. The van der Waals surface area contributed by atoms with Crippen molar-refractivity contribution >= 4 is 46.6 Å². The lowest BCUT2D eigenvalue weighted by Crippen LogP contribution is -2.32. The van der Waals surface area contributed by atoms with Crippen molar-refractivity contribution in [2.45, 2.75) is 18.7 Å². The maximum Gasteiger partial charge on any atom is 0.283 e. The quantitative estimate of drug-likeness (QED) is 0.504. The van der Waals surface area contributed by atoms with E-state index in [9.17, 15) is 9.59 Å². The molecule has 6 heteroatoms. The van der Waals surface area contributed by atoms with E-state index in [0.717, 1.165) is 21.7 Å². The Labute approximate surface area is 184 Å². The molecule has 3 aromatic rings. The van der Waals surface area contributed by atoms with Gasteiger partial charge in [0.1, 0.15) is 10.6 Å². The van der Waals surface area contributed by atoms with Gasteiger partial charge in [-0.2, -0.15) is 0 Å². The number of carbonyl (C=O) groups is 2. The molecule has 0 aliphatic carbocycles. The van der Waals surface area contributed by atoms with Crippen LogP contribution in [0.3, 0.4) is 0 Å². The maximum absolute atomic E-state index is 13.3. The van der Waals surface area contributed by atoms with E-state index in [1.54, 1.807) is 24.3 Å². The summed E-state index contributed by atoms with van der Waals surface area (Å²) < 4.78 is 0. The molecule has 0 saturated heterocycles. The number of amides is 2. The highest BCUT2D eigenvalue weighted by molar-refractivity contribution is 8.04. The van der Waals surface area contributed by atoms with Crippen LogP contribution in [0.15, 0.2) is 88.3 Å². The van der Waals surface area contributed by atoms with Gasteiger partial charge in [0.15, 0.2) is 0 Å². The van der Waals surface area contributed by atoms with Crippen molar-refractivity contribution in [2.24, 2.45) is 0 Å². The number of aryl methyl sites for hydroxylation is 2. The predicted molar refractivity (Wildman–Crippen MR) is 123 cm³/mol. The molecule has 1 N–H and O–H groups in total. The molecule has 0 radical (unpaired) electrons. The summed E-state index contributed by atoms with van der Waals surface area (Å²) in [6.45, 7) is 3.95. The largest absolute Gasteiger partial charge is 0.350 e. The number of thioether (sulfide) groups is 1. The second-order valence-electron chi connectivity index (χ2n) is 6.98. The molecule has 4 nitrogen and oxygen atoms in total. The molecule has 1 aliphatic heterocycles. The van der Waals surface area contributed by atoms with E-state index in [0.29, 0.717) is 15.6 Å². The first-order chi connectivity index (χ1) is 14.4. The van der Waals surface area contributed by atoms with Gasteiger partial charge in [0, 0.05) is 15.6 Å². The fourth-order valence-corrected chi connectivity index (χ4v) is 4.22. The summed E-state index contributed by atoms with van der Waals surface area (Å²) in [4.78, 5) is 29.1. The molecule has 0 atom stereocenters. The summed E-state index contributed by atoms with van der Waals surface area (Å²) in [5, 5.41) is 3.77. The number of hydrogen-bond acceptors (Lipinski definition) is 4. The van der Waals surface area contributed by atoms with Crippen molar-refractivity contribution in [3.05, 3.63) is 99.5 Å². The van der Waals surface area contributed by atoms with Crippen molar-refractivity contribution in [3.63, 3.8) is 0 Å². The van der Waals surface area contributed by atoms with Crippen LogP contribution in [0, 0.1) is 13.8 Å². The smallest absolute Gasteiger partial charge is 0.283 e. The first kappa shape index (κ1) is 20.3. The third kappa shape index (κ3) is 3.99. The van der Waals surface area contributed by atoms with Gasteiger partial charge in [-0.1, -0.05) is 53.7 Å². The standard InChI is InChI=1S/C24H19ClN2O2S/c1-15-8-9-16(2)20(14-15)26-21-22(30-19-6-4-3-5-7-19)24(29)27(23(21)28)18-12-10-17(25)11-13-18/h3-14,26H,1-2H3. The molecule has 1 heterocycles. The van der Waals surface area contributed by atoms with Crippen LogP contribution in [0.1, 0.15) is 11.1 Å². The van der Waals surface area contributed by atoms with E-state index in [4.69, 9.17) is 11.6 Å². The maximum atomic E-state index is 13.3. The van der Waals surface area contributed by atoms with Crippen LogP contribution in [-0.4, -0.2) is 11.8 Å². The van der Waals surface area contributed by atoms with E-state index in [1.165, 1.54) is 16.7 Å². The number of nitrogens with zero attached hydrogens (tertiary/aromatic N) is 1. The molecule has 1 aliphatic rings. The van der Waals surface area contributed by atoms with E-state index in [1.807, 2.05) is 62.4 Å². The summed E-state index contributed by atoms with van der Waals surface area (Å²) in [6, 6.07) is 22.2. The molecule has 3 aromatic carbocycles. The lowest BCUT2D eigenvalue weighted by atomic mass is 10.1. The number of benzene rings is 3. The minimum atomic E-state index is -0.387. The topological polar surface area (TPSA) is 49.4 Å². The molecule has 30 heavy (non-hydrogen) atoms. The average molecular weight is 435 g/mol. The lowest BCUT2D eigenvalue weighted by molar-refractivity contribution is -0.120. The summed E-state index contributed by atoms with van der Waals surface area (Å²) in [5.74, 6) is -0.745. The van der Waals surface area contributed by atoms with Crippen LogP contribution in [0.25, 0.3) is 0 Å². The van der Waals surface area contributed by atoms with Crippen LogP contribution in [-0.2, 0) is 9.59 Å². The van der Waals surface area contributed by atoms with Gasteiger partial charge in [-0.15, -0.1) is 0 Å². The zero-order chi connectivity index (χ0) is 21.3. The van der Waals surface area contributed by atoms with Crippen molar-refractivity contribution < 1.29 is 9.59 Å². The van der Waals surface area contributed by atoms with E-state index < -0.39 is 0 Å². The molecule has 0 bridgehead atoms. The van der Waals surface area contributed by atoms with Gasteiger partial charge in [-0.3, -0.25) is 9.59 Å². The van der Waals surface area contributed by atoms with Crippen LogP contribution in [0.5, 0.6) is 0 Å². The lowest BCUT2D eigenvalue weighted by Gasteiger charge is -2.16. The number of anilines is 2. The predicted octanol–water partition coefficient (Wildman–Crippen LogP) is 5.95. The van der Waals surface area contributed by atoms with Crippen molar-refractivity contribution in [1.82, 2.24) is 0 Å². The Morgan fingerprint density at radius 2 is 1.57 bits per heavy atom. The van der Waals surface area contributed by atoms with Crippen LogP contribution in [0.2, 0.25) is 5.02 Å². The van der Waals surface area contributed by atoms with Gasteiger partial charge in [0.2, 0.25) is 0 Å². The zero-order valence-corrected chi connectivity index (χ0v) is 18.1. The third-order valence-corrected chi connectivity index (χ3v) is 6.08. The second-order valence-corrected chi connectivity index (χ2v) is 8.50. The van der Waals surface area contributed by atoms with E-state index in [-0.39, 0.29) is 17.5 Å². The minimum absolute atomic E-state index is 0.275. The van der Waals surface area contributed by atoms with Crippen molar-refractivity contribution in [3.8, 4) is 0 Å². The van der Waals surface area contributed by atoms with E-state index in [2.05, 4.69) is 5.32 Å². The summed E-state index contributed by atoms with van der Waals surface area (Å²) in [7, 11) is 0. The van der Waals surface area contributed by atoms with Gasteiger partial charge in [-0.05, 0) is 67.4 Å². The first-order valence-corrected chi connectivity index (χ1v) is 10.6. The SMILES string of the molecule is Cc1ccc(C)c(NC2=C(Sc3ccccc3)C(=O)N(c3ccc(Cl)cc3)C2=O)c1. The number of hydrogen-bond donors (Lipinski definition) is 1. The summed E-state index contributed by atoms with van der Waals surface area (Å²) >= 11 is 7.26. The summed E-state index contributed by atoms with van der Waals surface area (Å²) in [6.07, 6.45) is 0. The monoisotopic (exact) mass is 434 g/mol. The molecule has 0 fully saturated rings. The van der Waals surface area contributed by atoms with Gasteiger partial charge in [0.25, 0.3) is 11.8 Å². The second kappa shape index (κ2) is 8.38. The molecule has 0 unspecified atom stereocenters. The fourth-order valence-electron chi connectivity index (χ4n) is 3.15. The number of halogens is 1. The highest BCUT2D eigenvalue weighted by Gasteiger charge is 2.40. The number of rotatable bonds is 5. The molecule has 4 rings (SSSR count). The molecular weight excluding hydrogens is 416 g/mol. The number of carbonyl (C=O) groups excluding carboxylic acids is 2. The van der Waals surface area contributed by atoms with Gasteiger partial charge >= 0.3 is 0 Å². The van der Waals surface area contributed by atoms with Crippen molar-refractivity contribution in [2.75, 3.05) is 10.2 Å². The number of nitrogens with one attached hydrogen (secondary N) is 1. The highest BCUT2D eigenvalue weighted by Crippen LogP contribution is 2.38. The molecular formula is C24H19ClN2O2S. The molecule has 150 valence electrons. The van der Waals surface area contributed by atoms with Crippen molar-refractivity contribution in [1.29, 1.82) is 0 Å². The molecule has 0 aromatic heterocycles. The van der Waals surface area contributed by atoms with Gasteiger partial charge < -0.3 is 5.32 Å². The normalized spacial score (nSPS) is 13.9. The fraction of sp³-hybridized carbons (Fsp3) is 0.0833. The zero-order valence-electron chi connectivity index (χ0n) is 16.5.